The summed E-state index contributed by atoms with van der Waals surface area (Å²) in [5, 5.41) is 0. The van der Waals surface area contributed by atoms with Gasteiger partial charge in [-0.05, 0) is 12.8 Å². The molecule has 0 rings (SSSR count). The Morgan fingerprint density at radius 2 is 1.50 bits per heavy atom. The van der Waals surface area contributed by atoms with Crippen molar-refractivity contribution in [3.8, 4) is 0 Å². The molecule has 0 spiro atoms. The van der Waals surface area contributed by atoms with Gasteiger partial charge in [-0.1, -0.05) is 63.9 Å². The molecule has 0 bridgehead atoms. The van der Waals surface area contributed by atoms with Gasteiger partial charge in [0.25, 0.3) is 0 Å². The van der Waals surface area contributed by atoms with Crippen molar-refractivity contribution in [3.63, 3.8) is 0 Å². The molecule has 0 aliphatic rings. The van der Waals surface area contributed by atoms with E-state index in [0.29, 0.717) is 4.32 Å². The SMILES string of the molecule is CCCCC=CN(C=CCCCC)C(=S)S. The third-order valence-corrected chi connectivity index (χ3v) is 2.64. The van der Waals surface area contributed by atoms with Gasteiger partial charge in [0.05, 0.1) is 0 Å². The van der Waals surface area contributed by atoms with E-state index in [0.717, 1.165) is 12.8 Å². The van der Waals surface area contributed by atoms with Crippen molar-refractivity contribution >= 4 is 29.2 Å². The highest BCUT2D eigenvalue weighted by Gasteiger charge is 1.95. The minimum absolute atomic E-state index is 0.598. The van der Waals surface area contributed by atoms with Gasteiger partial charge in [0.1, 0.15) is 4.32 Å². The lowest BCUT2D eigenvalue weighted by Gasteiger charge is -2.12. The number of thiol groups is 1. The molecule has 0 fully saturated rings. The number of hydrogen-bond acceptors (Lipinski definition) is 1. The minimum atomic E-state index is 0.598. The zero-order valence-corrected chi connectivity index (χ0v) is 12.1. The second-order valence-corrected chi connectivity index (χ2v) is 4.86. The molecule has 0 N–H and O–H groups in total. The van der Waals surface area contributed by atoms with E-state index in [1.54, 1.807) is 0 Å². The summed E-state index contributed by atoms with van der Waals surface area (Å²) in [6.45, 7) is 4.39. The molecule has 3 heteroatoms. The standard InChI is InChI=1S/C13H23NS2/c1-3-5-7-9-11-14(13(15)16)12-10-8-6-4-2/h9-12H,3-8H2,1-2H3,(H,15,16). The Bertz CT molecular complexity index is 216. The maximum Gasteiger partial charge on any atom is 0.141 e. The number of thiocarbonyl (C=S) groups is 1. The van der Waals surface area contributed by atoms with Gasteiger partial charge < -0.3 is 4.90 Å². The fourth-order valence-corrected chi connectivity index (χ4v) is 1.45. The largest absolute Gasteiger partial charge is 0.310 e. The van der Waals surface area contributed by atoms with Crippen LogP contribution in [0.15, 0.2) is 24.6 Å². The Balaban J connectivity index is 4.01. The Kier molecular flexibility index (Phi) is 11.0. The van der Waals surface area contributed by atoms with Crippen LogP contribution >= 0.6 is 24.8 Å². The molecule has 1 nitrogen and oxygen atoms in total. The third-order valence-electron chi connectivity index (χ3n) is 2.20. The fourth-order valence-electron chi connectivity index (χ4n) is 1.20. The van der Waals surface area contributed by atoms with Crippen molar-refractivity contribution in [2.45, 2.75) is 52.4 Å². The summed E-state index contributed by atoms with van der Waals surface area (Å²) < 4.78 is 0.598. The van der Waals surface area contributed by atoms with Gasteiger partial charge in [0.2, 0.25) is 0 Å². The molecule has 0 saturated heterocycles. The zero-order chi connectivity index (χ0) is 12.2. The lowest BCUT2D eigenvalue weighted by molar-refractivity contribution is 0.748. The molecular formula is C13H23NS2. The van der Waals surface area contributed by atoms with Crippen molar-refractivity contribution in [1.29, 1.82) is 0 Å². The first-order valence-corrected chi connectivity index (χ1v) is 6.92. The van der Waals surface area contributed by atoms with Crippen molar-refractivity contribution in [3.05, 3.63) is 24.6 Å². The summed E-state index contributed by atoms with van der Waals surface area (Å²) in [5.74, 6) is 0. The third kappa shape index (κ3) is 8.98. The highest BCUT2D eigenvalue weighted by atomic mass is 32.1. The average Bonchev–Trinajstić information content (AvgIpc) is 2.26. The van der Waals surface area contributed by atoms with Crippen molar-refractivity contribution in [1.82, 2.24) is 4.90 Å². The van der Waals surface area contributed by atoms with Gasteiger partial charge in [0.15, 0.2) is 0 Å². The molecular weight excluding hydrogens is 234 g/mol. The van der Waals surface area contributed by atoms with E-state index in [4.69, 9.17) is 12.2 Å². The highest BCUT2D eigenvalue weighted by molar-refractivity contribution is 8.10. The lowest BCUT2D eigenvalue weighted by Crippen LogP contribution is -2.11. The fraction of sp³-hybridized carbons (Fsp3) is 0.615. The van der Waals surface area contributed by atoms with Crippen LogP contribution in [0.4, 0.5) is 0 Å². The molecule has 0 saturated carbocycles. The molecule has 0 aliphatic heterocycles. The molecule has 0 radical (unpaired) electrons. The Labute approximate surface area is 111 Å². The Hall–Kier alpha value is -0.280. The summed E-state index contributed by atoms with van der Waals surface area (Å²) in [4.78, 5) is 1.89. The van der Waals surface area contributed by atoms with Gasteiger partial charge >= 0.3 is 0 Å². The summed E-state index contributed by atoms with van der Waals surface area (Å²) >= 11 is 9.26. The van der Waals surface area contributed by atoms with E-state index >= 15 is 0 Å². The number of hydrogen-bond donors (Lipinski definition) is 1. The van der Waals surface area contributed by atoms with Crippen LogP contribution in [0, 0.1) is 0 Å². The normalized spacial score (nSPS) is 11.4. The lowest BCUT2D eigenvalue weighted by atomic mass is 10.2. The van der Waals surface area contributed by atoms with Crippen LogP contribution in [-0.4, -0.2) is 9.22 Å². The Morgan fingerprint density at radius 3 is 1.81 bits per heavy atom. The average molecular weight is 257 g/mol. The molecule has 16 heavy (non-hydrogen) atoms. The molecule has 92 valence electrons. The summed E-state index contributed by atoms with van der Waals surface area (Å²) in [6, 6.07) is 0. The molecule has 0 aromatic heterocycles. The molecule has 0 aromatic rings. The smallest absolute Gasteiger partial charge is 0.141 e. The second kappa shape index (κ2) is 11.2. The summed E-state index contributed by atoms with van der Waals surface area (Å²) in [6.07, 6.45) is 15.4. The quantitative estimate of drug-likeness (QED) is 0.374. The first kappa shape index (κ1) is 15.7. The highest BCUT2D eigenvalue weighted by Crippen LogP contribution is 2.04. The van der Waals surface area contributed by atoms with Crippen LogP contribution in [0.2, 0.25) is 0 Å². The molecule has 0 amide bonds. The molecule has 0 aliphatic carbocycles. The van der Waals surface area contributed by atoms with E-state index in [9.17, 15) is 0 Å². The number of allylic oxidation sites excluding steroid dienone is 2. The van der Waals surface area contributed by atoms with Crippen LogP contribution in [0.25, 0.3) is 0 Å². The first-order valence-electron chi connectivity index (χ1n) is 6.07. The van der Waals surface area contributed by atoms with Crippen LogP contribution in [0.3, 0.4) is 0 Å². The van der Waals surface area contributed by atoms with E-state index in [2.05, 4.69) is 38.6 Å². The minimum Gasteiger partial charge on any atom is -0.310 e. The van der Waals surface area contributed by atoms with E-state index in [1.165, 1.54) is 25.7 Å². The molecule has 0 atom stereocenters. The van der Waals surface area contributed by atoms with Crippen LogP contribution in [0.5, 0.6) is 0 Å². The van der Waals surface area contributed by atoms with Crippen molar-refractivity contribution < 1.29 is 0 Å². The molecule has 0 heterocycles. The molecule has 0 unspecified atom stereocenters. The maximum absolute atomic E-state index is 5.06. The monoisotopic (exact) mass is 257 g/mol. The maximum atomic E-state index is 5.06. The van der Waals surface area contributed by atoms with Gasteiger partial charge in [0, 0.05) is 12.4 Å². The topological polar surface area (TPSA) is 3.24 Å². The van der Waals surface area contributed by atoms with Crippen LogP contribution in [0.1, 0.15) is 52.4 Å². The predicted octanol–water partition coefficient (Wildman–Crippen LogP) is 4.91. The number of rotatable bonds is 8. The van der Waals surface area contributed by atoms with E-state index in [1.807, 2.05) is 17.3 Å². The van der Waals surface area contributed by atoms with Gasteiger partial charge in [-0.15, -0.1) is 12.6 Å². The summed E-state index contributed by atoms with van der Waals surface area (Å²) in [5.41, 5.74) is 0. The van der Waals surface area contributed by atoms with Crippen LogP contribution < -0.4 is 0 Å². The first-order chi connectivity index (χ1) is 7.72. The predicted molar refractivity (Wildman–Crippen MR) is 80.8 cm³/mol. The summed E-state index contributed by atoms with van der Waals surface area (Å²) in [7, 11) is 0. The van der Waals surface area contributed by atoms with E-state index < -0.39 is 0 Å². The van der Waals surface area contributed by atoms with Gasteiger partial charge in [-0.3, -0.25) is 0 Å². The second-order valence-electron chi connectivity index (χ2n) is 3.74. The van der Waals surface area contributed by atoms with Crippen molar-refractivity contribution in [2.24, 2.45) is 0 Å². The zero-order valence-electron chi connectivity index (χ0n) is 10.4. The molecule has 0 aromatic carbocycles. The van der Waals surface area contributed by atoms with E-state index in [-0.39, 0.29) is 0 Å². The van der Waals surface area contributed by atoms with Crippen LogP contribution in [-0.2, 0) is 0 Å². The van der Waals surface area contributed by atoms with Gasteiger partial charge in [-0.2, -0.15) is 0 Å². The van der Waals surface area contributed by atoms with Gasteiger partial charge in [-0.25, -0.2) is 0 Å². The number of nitrogens with zero attached hydrogens (tertiary/aromatic N) is 1. The number of unbranched alkanes of at least 4 members (excludes halogenated alkanes) is 4. The Morgan fingerprint density at radius 1 is 1.06 bits per heavy atom. The van der Waals surface area contributed by atoms with Crippen molar-refractivity contribution in [2.75, 3.05) is 0 Å².